The molecule has 1 aliphatic rings. The molecule has 0 spiro atoms. The Morgan fingerprint density at radius 2 is 2.28 bits per heavy atom. The maximum Gasteiger partial charge on any atom is 0.260 e. The van der Waals surface area contributed by atoms with Gasteiger partial charge in [-0.05, 0) is 32.8 Å². The van der Waals surface area contributed by atoms with Crippen LogP contribution in [-0.4, -0.2) is 18.1 Å². The van der Waals surface area contributed by atoms with Crippen molar-refractivity contribution in [3.8, 4) is 5.75 Å². The molecule has 0 aliphatic heterocycles. The van der Waals surface area contributed by atoms with Crippen molar-refractivity contribution >= 4 is 5.91 Å². The number of hydrogen-bond donors (Lipinski definition) is 2. The van der Waals surface area contributed by atoms with E-state index in [1.54, 1.807) is 6.92 Å². The van der Waals surface area contributed by atoms with E-state index in [1.165, 1.54) is 0 Å². The zero-order valence-electron chi connectivity index (χ0n) is 10.9. The van der Waals surface area contributed by atoms with E-state index >= 15 is 0 Å². The predicted molar refractivity (Wildman–Crippen MR) is 70.3 cm³/mol. The standard InChI is InChI=1S/C14H20N2O2/c1-9-3-6-13(11(7-9)8-15)18-10(2)14(17)16-12-4-5-12/h3,6-7,10,12H,4-5,8,15H2,1-2H3,(H,16,17). The minimum absolute atomic E-state index is 0.0546. The quantitative estimate of drug-likeness (QED) is 0.830. The molecule has 1 unspecified atom stereocenters. The van der Waals surface area contributed by atoms with Gasteiger partial charge in [0.2, 0.25) is 0 Å². The number of hydrogen-bond acceptors (Lipinski definition) is 3. The van der Waals surface area contributed by atoms with Gasteiger partial charge in [0, 0.05) is 18.2 Å². The summed E-state index contributed by atoms with van der Waals surface area (Å²) in [6, 6.07) is 6.18. The summed E-state index contributed by atoms with van der Waals surface area (Å²) >= 11 is 0. The Hall–Kier alpha value is -1.55. The van der Waals surface area contributed by atoms with Gasteiger partial charge in [-0.3, -0.25) is 4.79 Å². The first-order valence-electron chi connectivity index (χ1n) is 6.36. The summed E-state index contributed by atoms with van der Waals surface area (Å²) in [4.78, 5) is 11.8. The van der Waals surface area contributed by atoms with Crippen LogP contribution in [0.25, 0.3) is 0 Å². The highest BCUT2D eigenvalue weighted by Crippen LogP contribution is 2.22. The van der Waals surface area contributed by atoms with Crippen LogP contribution in [0.2, 0.25) is 0 Å². The molecule has 0 saturated heterocycles. The van der Waals surface area contributed by atoms with Crippen molar-refractivity contribution in [3.05, 3.63) is 29.3 Å². The molecule has 2 rings (SSSR count). The number of aryl methyl sites for hydroxylation is 1. The Labute approximate surface area is 108 Å². The van der Waals surface area contributed by atoms with Crippen molar-refractivity contribution in [2.45, 2.75) is 45.4 Å². The molecule has 3 N–H and O–H groups in total. The molecule has 0 bridgehead atoms. The number of carbonyl (C=O) groups is 1. The van der Waals surface area contributed by atoms with Gasteiger partial charge in [-0.25, -0.2) is 0 Å². The Morgan fingerprint density at radius 1 is 1.56 bits per heavy atom. The van der Waals surface area contributed by atoms with Gasteiger partial charge >= 0.3 is 0 Å². The summed E-state index contributed by atoms with van der Waals surface area (Å²) in [7, 11) is 0. The molecule has 98 valence electrons. The van der Waals surface area contributed by atoms with Gasteiger partial charge in [0.1, 0.15) is 5.75 Å². The monoisotopic (exact) mass is 248 g/mol. The van der Waals surface area contributed by atoms with Crippen molar-refractivity contribution in [2.75, 3.05) is 0 Å². The highest BCUT2D eigenvalue weighted by atomic mass is 16.5. The van der Waals surface area contributed by atoms with Crippen molar-refractivity contribution in [2.24, 2.45) is 5.73 Å². The Balaban J connectivity index is 2.00. The molecular weight excluding hydrogens is 228 g/mol. The fourth-order valence-electron chi connectivity index (χ4n) is 1.77. The van der Waals surface area contributed by atoms with Crippen LogP contribution in [0, 0.1) is 6.92 Å². The first kappa shape index (κ1) is 12.9. The van der Waals surface area contributed by atoms with Gasteiger partial charge in [-0.2, -0.15) is 0 Å². The lowest BCUT2D eigenvalue weighted by atomic mass is 10.1. The smallest absolute Gasteiger partial charge is 0.260 e. The Kier molecular flexibility index (Phi) is 3.87. The molecule has 18 heavy (non-hydrogen) atoms. The van der Waals surface area contributed by atoms with Crippen LogP contribution in [0.4, 0.5) is 0 Å². The highest BCUT2D eigenvalue weighted by molar-refractivity contribution is 5.81. The number of amides is 1. The molecule has 1 aliphatic carbocycles. The molecule has 0 aromatic heterocycles. The SMILES string of the molecule is Cc1ccc(OC(C)C(=O)NC2CC2)c(CN)c1. The van der Waals surface area contributed by atoms with Crippen molar-refractivity contribution in [1.82, 2.24) is 5.32 Å². The van der Waals surface area contributed by atoms with Gasteiger partial charge in [0.15, 0.2) is 6.10 Å². The average Bonchev–Trinajstić information content (AvgIpc) is 3.15. The van der Waals surface area contributed by atoms with E-state index in [0.29, 0.717) is 18.3 Å². The molecular formula is C14H20N2O2. The summed E-state index contributed by atoms with van der Waals surface area (Å²) in [5, 5.41) is 2.93. The Morgan fingerprint density at radius 3 is 2.89 bits per heavy atom. The second-order valence-corrected chi connectivity index (χ2v) is 4.86. The third-order valence-corrected chi connectivity index (χ3v) is 3.03. The first-order valence-corrected chi connectivity index (χ1v) is 6.36. The lowest BCUT2D eigenvalue weighted by Crippen LogP contribution is -2.37. The molecule has 0 heterocycles. The maximum absolute atomic E-state index is 11.8. The van der Waals surface area contributed by atoms with Crippen LogP contribution in [0.1, 0.15) is 30.9 Å². The second-order valence-electron chi connectivity index (χ2n) is 4.86. The molecule has 4 heteroatoms. The summed E-state index contributed by atoms with van der Waals surface area (Å²) < 4.78 is 5.69. The third kappa shape index (κ3) is 3.23. The fraction of sp³-hybridized carbons (Fsp3) is 0.500. The van der Waals surface area contributed by atoms with Gasteiger partial charge in [0.25, 0.3) is 5.91 Å². The van der Waals surface area contributed by atoms with Gasteiger partial charge in [-0.15, -0.1) is 0 Å². The number of nitrogens with two attached hydrogens (primary N) is 1. The first-order chi connectivity index (χ1) is 8.60. The lowest BCUT2D eigenvalue weighted by molar-refractivity contribution is -0.127. The summed E-state index contributed by atoms with van der Waals surface area (Å²) in [6.45, 7) is 4.18. The van der Waals surface area contributed by atoms with Crippen LogP contribution < -0.4 is 15.8 Å². The van der Waals surface area contributed by atoms with Gasteiger partial charge < -0.3 is 15.8 Å². The summed E-state index contributed by atoms with van der Waals surface area (Å²) in [5.41, 5.74) is 7.75. The number of carbonyl (C=O) groups excluding carboxylic acids is 1. The van der Waals surface area contributed by atoms with E-state index in [1.807, 2.05) is 25.1 Å². The van der Waals surface area contributed by atoms with E-state index in [9.17, 15) is 4.79 Å². The van der Waals surface area contributed by atoms with E-state index < -0.39 is 6.10 Å². The van der Waals surface area contributed by atoms with E-state index in [0.717, 1.165) is 24.0 Å². The van der Waals surface area contributed by atoms with Crippen LogP contribution >= 0.6 is 0 Å². The number of ether oxygens (including phenoxy) is 1. The Bertz CT molecular complexity index is 441. The predicted octanol–water partition coefficient (Wildman–Crippen LogP) is 1.50. The molecule has 1 aromatic carbocycles. The average molecular weight is 248 g/mol. The molecule has 1 saturated carbocycles. The molecule has 1 aromatic rings. The van der Waals surface area contributed by atoms with E-state index in [4.69, 9.17) is 10.5 Å². The minimum Gasteiger partial charge on any atom is -0.481 e. The molecule has 4 nitrogen and oxygen atoms in total. The molecule has 1 amide bonds. The number of nitrogens with one attached hydrogen (secondary N) is 1. The van der Waals surface area contributed by atoms with Crippen molar-refractivity contribution in [3.63, 3.8) is 0 Å². The van der Waals surface area contributed by atoms with Crippen molar-refractivity contribution in [1.29, 1.82) is 0 Å². The topological polar surface area (TPSA) is 64.3 Å². The summed E-state index contributed by atoms with van der Waals surface area (Å²) in [5.74, 6) is 0.641. The third-order valence-electron chi connectivity index (χ3n) is 3.03. The zero-order chi connectivity index (χ0) is 13.1. The fourth-order valence-corrected chi connectivity index (χ4v) is 1.77. The van der Waals surface area contributed by atoms with E-state index in [2.05, 4.69) is 5.32 Å². The van der Waals surface area contributed by atoms with Crippen LogP contribution in [0.5, 0.6) is 5.75 Å². The normalized spacial score (nSPS) is 16.2. The number of benzene rings is 1. The largest absolute Gasteiger partial charge is 0.481 e. The zero-order valence-corrected chi connectivity index (χ0v) is 10.9. The van der Waals surface area contributed by atoms with Crippen molar-refractivity contribution < 1.29 is 9.53 Å². The molecule has 1 fully saturated rings. The summed E-state index contributed by atoms with van der Waals surface area (Å²) in [6.07, 6.45) is 1.67. The number of rotatable bonds is 5. The van der Waals surface area contributed by atoms with Crippen LogP contribution in [0.15, 0.2) is 18.2 Å². The highest BCUT2D eigenvalue weighted by Gasteiger charge is 2.26. The van der Waals surface area contributed by atoms with Gasteiger partial charge in [-0.1, -0.05) is 17.7 Å². The minimum atomic E-state index is -0.487. The molecule has 0 radical (unpaired) electrons. The molecule has 1 atom stereocenters. The van der Waals surface area contributed by atoms with E-state index in [-0.39, 0.29) is 5.91 Å². The van der Waals surface area contributed by atoms with Crippen LogP contribution in [0.3, 0.4) is 0 Å². The second kappa shape index (κ2) is 5.40. The van der Waals surface area contributed by atoms with Gasteiger partial charge in [0.05, 0.1) is 0 Å². The maximum atomic E-state index is 11.8. The lowest BCUT2D eigenvalue weighted by Gasteiger charge is -2.17. The van der Waals surface area contributed by atoms with Crippen LogP contribution in [-0.2, 0) is 11.3 Å².